The van der Waals surface area contributed by atoms with Crippen molar-refractivity contribution in [2.45, 2.75) is 18.7 Å². The summed E-state index contributed by atoms with van der Waals surface area (Å²) in [4.78, 5) is 10.1. The monoisotopic (exact) mass is 506 g/mol. The number of fused-ring (bicyclic) bond motifs is 1. The molecule has 4 rings (SSSR count). The molecule has 0 aliphatic carbocycles. The second kappa shape index (κ2) is 11.6. The van der Waals surface area contributed by atoms with Gasteiger partial charge in [-0.2, -0.15) is 4.57 Å². The third kappa shape index (κ3) is 6.97. The Kier molecular flexibility index (Phi) is 8.52. The quantitative estimate of drug-likeness (QED) is 0.157. The molecule has 0 saturated carbocycles. The Labute approximate surface area is 210 Å². The maximum absolute atomic E-state index is 10.7. The standard InChI is InChI=1S/C20H19N2O3.C7H8O3S/c1-3-25-19-12-13-20-16(14-19)7-11-17(21(20)2)8-4-15-5-9-18(10-6-15)22(23)24;1-6-2-4-7(5-3-6)11(8,9)10/h4-14H,3H2,1-2H3;2-5H,1H3,(H,8,9,10)/q+1;/p-1. The van der Waals surface area contributed by atoms with Crippen LogP contribution in [-0.4, -0.2) is 24.5 Å². The fourth-order valence-corrected chi connectivity index (χ4v) is 3.88. The van der Waals surface area contributed by atoms with E-state index in [9.17, 15) is 23.1 Å². The number of nitro groups is 1. The van der Waals surface area contributed by atoms with Gasteiger partial charge in [-0.1, -0.05) is 17.7 Å². The summed E-state index contributed by atoms with van der Waals surface area (Å²) in [7, 11) is -2.26. The zero-order valence-electron chi connectivity index (χ0n) is 20.1. The molecule has 8 nitrogen and oxygen atoms in total. The van der Waals surface area contributed by atoms with Crippen molar-refractivity contribution in [1.29, 1.82) is 0 Å². The van der Waals surface area contributed by atoms with E-state index in [1.165, 1.54) is 24.3 Å². The van der Waals surface area contributed by atoms with Crippen LogP contribution in [0, 0.1) is 17.0 Å². The van der Waals surface area contributed by atoms with Gasteiger partial charge in [-0.15, -0.1) is 0 Å². The van der Waals surface area contributed by atoms with E-state index in [0.717, 1.165) is 33.5 Å². The smallest absolute Gasteiger partial charge is 0.269 e. The number of nitro benzene ring substituents is 1. The average molecular weight is 507 g/mol. The molecule has 0 atom stereocenters. The molecule has 3 aromatic carbocycles. The Morgan fingerprint density at radius 2 is 1.61 bits per heavy atom. The number of pyridine rings is 1. The number of non-ortho nitro benzene ring substituents is 1. The highest BCUT2D eigenvalue weighted by atomic mass is 32.2. The first-order chi connectivity index (χ1) is 17.1. The summed E-state index contributed by atoms with van der Waals surface area (Å²) in [6.07, 6.45) is 3.94. The van der Waals surface area contributed by atoms with Crippen LogP contribution in [0.15, 0.2) is 83.8 Å². The van der Waals surface area contributed by atoms with Gasteiger partial charge < -0.3 is 9.29 Å². The van der Waals surface area contributed by atoms with Crippen molar-refractivity contribution in [2.75, 3.05) is 6.61 Å². The minimum Gasteiger partial charge on any atom is -0.744 e. The number of ether oxygens (including phenoxy) is 1. The molecular formula is C27H26N2O6S. The normalized spacial score (nSPS) is 11.2. The molecule has 0 unspecified atom stereocenters. The van der Waals surface area contributed by atoms with E-state index in [-0.39, 0.29) is 10.6 Å². The van der Waals surface area contributed by atoms with Gasteiger partial charge in [0.25, 0.3) is 5.69 Å². The lowest BCUT2D eigenvalue weighted by atomic mass is 10.1. The fraction of sp³-hybridized carbons (Fsp3) is 0.148. The maximum Gasteiger partial charge on any atom is 0.269 e. The highest BCUT2D eigenvalue weighted by Crippen LogP contribution is 2.20. The van der Waals surface area contributed by atoms with Gasteiger partial charge in [-0.25, -0.2) is 8.42 Å². The SMILES string of the molecule is CCOc1ccc2c(ccc(C=Cc3ccc([N+](=O)[O-])cc3)[n+]2C)c1.Cc1ccc(S(=O)(=O)[O-])cc1. The van der Waals surface area contributed by atoms with E-state index in [2.05, 4.69) is 10.6 Å². The topological polar surface area (TPSA) is 113 Å². The van der Waals surface area contributed by atoms with Gasteiger partial charge in [0.05, 0.1) is 21.8 Å². The van der Waals surface area contributed by atoms with Crippen LogP contribution in [0.5, 0.6) is 5.75 Å². The van der Waals surface area contributed by atoms with E-state index < -0.39 is 15.0 Å². The molecular weight excluding hydrogens is 480 g/mol. The van der Waals surface area contributed by atoms with Crippen molar-refractivity contribution in [3.05, 3.63) is 106 Å². The first kappa shape index (κ1) is 26.5. The third-order valence-corrected chi connectivity index (χ3v) is 6.20. The molecule has 0 fully saturated rings. The molecule has 36 heavy (non-hydrogen) atoms. The number of aromatic nitrogens is 1. The van der Waals surface area contributed by atoms with Crippen molar-refractivity contribution in [3.63, 3.8) is 0 Å². The third-order valence-electron chi connectivity index (χ3n) is 5.35. The average Bonchev–Trinajstić information content (AvgIpc) is 2.84. The van der Waals surface area contributed by atoms with Gasteiger partial charge in [0.1, 0.15) is 22.9 Å². The van der Waals surface area contributed by atoms with Crippen molar-refractivity contribution in [1.82, 2.24) is 0 Å². The van der Waals surface area contributed by atoms with Gasteiger partial charge in [-0.05, 0) is 68.0 Å². The van der Waals surface area contributed by atoms with Crippen LogP contribution >= 0.6 is 0 Å². The molecule has 0 aliphatic rings. The van der Waals surface area contributed by atoms with Crippen molar-refractivity contribution < 1.29 is 27.2 Å². The Morgan fingerprint density at radius 1 is 0.944 bits per heavy atom. The second-order valence-electron chi connectivity index (χ2n) is 7.92. The molecule has 4 aromatic rings. The van der Waals surface area contributed by atoms with Gasteiger partial charge >= 0.3 is 0 Å². The lowest BCUT2D eigenvalue weighted by Gasteiger charge is -2.05. The molecule has 0 bridgehead atoms. The number of rotatable bonds is 6. The Morgan fingerprint density at radius 3 is 2.19 bits per heavy atom. The lowest BCUT2D eigenvalue weighted by Crippen LogP contribution is -2.32. The maximum atomic E-state index is 10.7. The molecule has 0 radical (unpaired) electrons. The first-order valence-electron chi connectivity index (χ1n) is 11.1. The summed E-state index contributed by atoms with van der Waals surface area (Å²) in [6, 6.07) is 22.4. The number of hydrogen-bond acceptors (Lipinski definition) is 6. The number of benzene rings is 3. The van der Waals surface area contributed by atoms with Gasteiger partial charge in [0.2, 0.25) is 11.2 Å². The van der Waals surface area contributed by atoms with Crippen LogP contribution in [-0.2, 0) is 17.2 Å². The van der Waals surface area contributed by atoms with Gasteiger partial charge in [0.15, 0.2) is 0 Å². The minimum absolute atomic E-state index is 0.0958. The molecule has 0 amide bonds. The summed E-state index contributed by atoms with van der Waals surface area (Å²) in [5, 5.41) is 11.8. The van der Waals surface area contributed by atoms with Crippen LogP contribution in [0.1, 0.15) is 23.7 Å². The largest absolute Gasteiger partial charge is 0.744 e. The van der Waals surface area contributed by atoms with E-state index >= 15 is 0 Å². The predicted octanol–water partition coefficient (Wildman–Crippen LogP) is 5.04. The molecule has 0 N–H and O–H groups in total. The van der Waals surface area contributed by atoms with Crippen LogP contribution < -0.4 is 9.30 Å². The summed E-state index contributed by atoms with van der Waals surface area (Å²) < 4.78 is 38.8. The zero-order chi connectivity index (χ0) is 26.3. The summed E-state index contributed by atoms with van der Waals surface area (Å²) in [5.74, 6) is 0.865. The summed E-state index contributed by atoms with van der Waals surface area (Å²) in [5.41, 5.74) is 4.08. The fourth-order valence-electron chi connectivity index (χ4n) is 3.42. The Hall–Kier alpha value is -4.08. The van der Waals surface area contributed by atoms with E-state index in [0.29, 0.717) is 6.61 Å². The summed E-state index contributed by atoms with van der Waals surface area (Å²) >= 11 is 0. The Bertz CT molecular complexity index is 1500. The number of nitrogens with zero attached hydrogens (tertiary/aromatic N) is 2. The van der Waals surface area contributed by atoms with Crippen LogP contribution in [0.3, 0.4) is 0 Å². The number of aryl methyl sites for hydroxylation is 2. The highest BCUT2D eigenvalue weighted by Gasteiger charge is 2.10. The molecule has 0 aliphatic heterocycles. The van der Waals surface area contributed by atoms with Crippen molar-refractivity contribution >= 4 is 38.9 Å². The molecule has 1 aromatic heterocycles. The molecule has 9 heteroatoms. The molecule has 0 saturated heterocycles. The van der Waals surface area contributed by atoms with Crippen molar-refractivity contribution in [3.8, 4) is 5.75 Å². The predicted molar refractivity (Wildman–Crippen MR) is 137 cm³/mol. The Balaban J connectivity index is 0.000000275. The number of hydrogen-bond donors (Lipinski definition) is 0. The highest BCUT2D eigenvalue weighted by molar-refractivity contribution is 7.85. The van der Waals surface area contributed by atoms with E-state index in [1.54, 1.807) is 24.3 Å². The molecule has 186 valence electrons. The molecule has 0 spiro atoms. The second-order valence-corrected chi connectivity index (χ2v) is 9.30. The van der Waals surface area contributed by atoms with Crippen LogP contribution in [0.4, 0.5) is 5.69 Å². The van der Waals surface area contributed by atoms with E-state index in [1.807, 2.05) is 57.3 Å². The van der Waals surface area contributed by atoms with E-state index in [4.69, 9.17) is 4.74 Å². The van der Waals surface area contributed by atoms with Gasteiger partial charge in [0, 0.05) is 30.3 Å². The van der Waals surface area contributed by atoms with Crippen LogP contribution in [0.2, 0.25) is 0 Å². The zero-order valence-corrected chi connectivity index (χ0v) is 20.9. The van der Waals surface area contributed by atoms with Crippen molar-refractivity contribution in [2.24, 2.45) is 7.05 Å². The first-order valence-corrected chi connectivity index (χ1v) is 12.5. The van der Waals surface area contributed by atoms with Crippen LogP contribution in [0.25, 0.3) is 23.1 Å². The van der Waals surface area contributed by atoms with Gasteiger partial charge in [-0.3, -0.25) is 10.1 Å². The lowest BCUT2D eigenvalue weighted by molar-refractivity contribution is -0.646. The molecule has 1 heterocycles. The minimum atomic E-state index is -4.27. The summed E-state index contributed by atoms with van der Waals surface area (Å²) in [6.45, 7) is 4.44.